The fourth-order valence-corrected chi connectivity index (χ4v) is 1.64. The first-order valence-corrected chi connectivity index (χ1v) is 5.31. The van der Waals surface area contributed by atoms with E-state index in [0.29, 0.717) is 0 Å². The minimum atomic E-state index is 0.830. The fraction of sp³-hybridized carbons (Fsp3) is 0.333. The van der Waals surface area contributed by atoms with Gasteiger partial charge < -0.3 is 9.88 Å². The maximum atomic E-state index is 3.78. The number of nitrogens with zero attached hydrogens (tertiary/aromatic N) is 3. The zero-order valence-corrected chi connectivity index (χ0v) is 8.79. The van der Waals surface area contributed by atoms with Crippen molar-refractivity contribution in [3.63, 3.8) is 0 Å². The fourth-order valence-electron chi connectivity index (χ4n) is 1.23. The largest absolute Gasteiger partial charge is 0.370 e. The summed E-state index contributed by atoms with van der Waals surface area (Å²) in [5.41, 5.74) is 1.28. The zero-order valence-electron chi connectivity index (χ0n) is 7.97. The molecule has 2 heterocycles. The van der Waals surface area contributed by atoms with Gasteiger partial charge in [0.2, 0.25) is 0 Å². The number of anilines is 1. The molecule has 0 aromatic carbocycles. The van der Waals surface area contributed by atoms with Crippen LogP contribution < -0.4 is 5.32 Å². The van der Waals surface area contributed by atoms with Crippen molar-refractivity contribution in [1.29, 1.82) is 0 Å². The van der Waals surface area contributed by atoms with Crippen molar-refractivity contribution in [3.8, 4) is 0 Å². The van der Waals surface area contributed by atoms with E-state index < -0.39 is 0 Å². The van der Waals surface area contributed by atoms with Crippen molar-refractivity contribution in [1.82, 2.24) is 14.2 Å². The van der Waals surface area contributed by atoms with Crippen LogP contribution in [0.4, 0.5) is 5.00 Å². The third-order valence-electron chi connectivity index (χ3n) is 2.00. The molecule has 0 bridgehead atoms. The van der Waals surface area contributed by atoms with Crippen molar-refractivity contribution in [2.75, 3.05) is 5.32 Å². The van der Waals surface area contributed by atoms with Gasteiger partial charge in [0.15, 0.2) is 0 Å². The van der Waals surface area contributed by atoms with Crippen molar-refractivity contribution in [2.45, 2.75) is 20.0 Å². The minimum Gasteiger partial charge on any atom is -0.370 e. The van der Waals surface area contributed by atoms with Gasteiger partial charge >= 0.3 is 0 Å². The van der Waals surface area contributed by atoms with E-state index in [1.807, 2.05) is 0 Å². The number of hydrogen-bond donors (Lipinski definition) is 1. The Kier molecular flexibility index (Phi) is 2.78. The van der Waals surface area contributed by atoms with Crippen LogP contribution >= 0.6 is 11.5 Å². The summed E-state index contributed by atoms with van der Waals surface area (Å²) < 4.78 is 5.93. The van der Waals surface area contributed by atoms with Crippen LogP contribution in [-0.2, 0) is 13.1 Å². The lowest BCUT2D eigenvalue weighted by atomic mass is 10.3. The molecule has 0 atom stereocenters. The Morgan fingerprint density at radius 2 is 2.50 bits per heavy atom. The van der Waals surface area contributed by atoms with E-state index in [4.69, 9.17) is 0 Å². The molecule has 5 heteroatoms. The highest BCUT2D eigenvalue weighted by Crippen LogP contribution is 2.11. The van der Waals surface area contributed by atoms with Gasteiger partial charge in [-0.05, 0) is 18.6 Å². The Morgan fingerprint density at radius 1 is 1.57 bits per heavy atom. The Labute approximate surface area is 86.7 Å². The normalized spacial score (nSPS) is 10.4. The first-order chi connectivity index (χ1) is 6.88. The molecule has 0 fully saturated rings. The molecule has 2 rings (SSSR count). The Morgan fingerprint density at radius 3 is 3.14 bits per heavy atom. The summed E-state index contributed by atoms with van der Waals surface area (Å²) in [6.45, 7) is 3.98. The average molecular weight is 208 g/mol. The first-order valence-electron chi connectivity index (χ1n) is 4.54. The highest BCUT2D eigenvalue weighted by atomic mass is 32.1. The number of aryl methyl sites for hydroxylation is 1. The maximum Gasteiger partial charge on any atom is 0.130 e. The maximum absolute atomic E-state index is 3.78. The van der Waals surface area contributed by atoms with Crippen LogP contribution in [0.5, 0.6) is 0 Å². The second-order valence-corrected chi connectivity index (χ2v) is 3.77. The number of nitrogens with one attached hydrogen (secondary N) is 1. The molecule has 0 aliphatic rings. The van der Waals surface area contributed by atoms with Crippen LogP contribution in [0, 0.1) is 0 Å². The van der Waals surface area contributed by atoms with Gasteiger partial charge in [0.05, 0.1) is 6.20 Å². The van der Waals surface area contributed by atoms with Gasteiger partial charge in [-0.15, -0.1) is 5.10 Å². The molecule has 0 unspecified atom stereocenters. The summed E-state index contributed by atoms with van der Waals surface area (Å²) in [6, 6.07) is 2.12. The second-order valence-electron chi connectivity index (χ2n) is 2.99. The van der Waals surface area contributed by atoms with Gasteiger partial charge in [0, 0.05) is 37.0 Å². The molecule has 1 N–H and O–H groups in total. The van der Waals surface area contributed by atoms with Crippen molar-refractivity contribution in [3.05, 3.63) is 30.2 Å². The molecule has 4 nitrogen and oxygen atoms in total. The van der Waals surface area contributed by atoms with Crippen molar-refractivity contribution in [2.24, 2.45) is 0 Å². The molecule has 0 aliphatic carbocycles. The number of rotatable bonds is 4. The smallest absolute Gasteiger partial charge is 0.130 e. The molecule has 0 saturated carbocycles. The van der Waals surface area contributed by atoms with Gasteiger partial charge in [0.1, 0.15) is 5.00 Å². The summed E-state index contributed by atoms with van der Waals surface area (Å²) in [5, 5.41) is 8.02. The third kappa shape index (κ3) is 2.11. The predicted molar refractivity (Wildman–Crippen MR) is 57.3 cm³/mol. The van der Waals surface area contributed by atoms with E-state index >= 15 is 0 Å². The van der Waals surface area contributed by atoms with Crippen LogP contribution in [0.15, 0.2) is 24.7 Å². The predicted octanol–water partition coefficient (Wildman–Crippen LogP) is 1.97. The molecule has 14 heavy (non-hydrogen) atoms. The molecule has 0 saturated heterocycles. The molecule has 0 spiro atoms. The van der Waals surface area contributed by atoms with Crippen molar-refractivity contribution >= 4 is 16.5 Å². The summed E-state index contributed by atoms with van der Waals surface area (Å²) in [7, 11) is 0. The van der Waals surface area contributed by atoms with Gasteiger partial charge in [0.25, 0.3) is 0 Å². The Balaban J connectivity index is 1.92. The standard InChI is InChI=1S/C9H12N4S/c1-2-13-4-3-8(7-13)5-10-9-6-11-12-14-9/h3-4,6-7,10H,2,5H2,1H3. The molecule has 74 valence electrons. The molecule has 0 radical (unpaired) electrons. The lowest BCUT2D eigenvalue weighted by molar-refractivity contribution is 0.766. The van der Waals surface area contributed by atoms with E-state index in [-0.39, 0.29) is 0 Å². The van der Waals surface area contributed by atoms with E-state index in [9.17, 15) is 0 Å². The first kappa shape index (κ1) is 9.21. The van der Waals surface area contributed by atoms with E-state index in [1.165, 1.54) is 17.1 Å². The monoisotopic (exact) mass is 208 g/mol. The van der Waals surface area contributed by atoms with Crippen LogP contribution in [0.25, 0.3) is 0 Å². The highest BCUT2D eigenvalue weighted by Gasteiger charge is 1.97. The molecular formula is C9H12N4S. The van der Waals surface area contributed by atoms with Crippen LogP contribution in [-0.4, -0.2) is 14.2 Å². The Bertz CT molecular complexity index is 379. The summed E-state index contributed by atoms with van der Waals surface area (Å²) in [6.07, 6.45) is 5.96. The van der Waals surface area contributed by atoms with Crippen LogP contribution in [0.2, 0.25) is 0 Å². The van der Waals surface area contributed by atoms with E-state index in [1.54, 1.807) is 6.20 Å². The molecule has 2 aromatic rings. The summed E-state index contributed by atoms with van der Waals surface area (Å²) in [4.78, 5) is 0. The van der Waals surface area contributed by atoms with Gasteiger partial charge in [-0.3, -0.25) is 0 Å². The second kappa shape index (κ2) is 4.23. The topological polar surface area (TPSA) is 42.7 Å². The van der Waals surface area contributed by atoms with Gasteiger partial charge in [-0.2, -0.15) is 0 Å². The lowest BCUT2D eigenvalue weighted by Crippen LogP contribution is -1.96. The molecule has 0 aliphatic heterocycles. The van der Waals surface area contributed by atoms with Gasteiger partial charge in [-0.25, -0.2) is 0 Å². The molecular weight excluding hydrogens is 196 g/mol. The minimum absolute atomic E-state index is 0.830. The summed E-state index contributed by atoms with van der Waals surface area (Å²) >= 11 is 1.38. The quantitative estimate of drug-likeness (QED) is 0.835. The Hall–Kier alpha value is -1.36. The number of aromatic nitrogens is 3. The molecule has 2 aromatic heterocycles. The zero-order chi connectivity index (χ0) is 9.80. The SMILES string of the molecule is CCn1ccc(CNc2cnns2)c1. The van der Waals surface area contributed by atoms with Crippen molar-refractivity contribution < 1.29 is 0 Å². The van der Waals surface area contributed by atoms with Crippen LogP contribution in [0.1, 0.15) is 12.5 Å². The number of hydrogen-bond acceptors (Lipinski definition) is 4. The average Bonchev–Trinajstić information content (AvgIpc) is 2.86. The van der Waals surface area contributed by atoms with E-state index in [0.717, 1.165) is 18.1 Å². The van der Waals surface area contributed by atoms with Crippen LogP contribution in [0.3, 0.4) is 0 Å². The van der Waals surface area contributed by atoms with E-state index in [2.05, 4.69) is 44.9 Å². The molecule has 0 amide bonds. The lowest BCUT2D eigenvalue weighted by Gasteiger charge is -1.99. The third-order valence-corrected chi connectivity index (χ3v) is 2.63. The van der Waals surface area contributed by atoms with Gasteiger partial charge in [-0.1, -0.05) is 4.49 Å². The summed E-state index contributed by atoms with van der Waals surface area (Å²) in [5.74, 6) is 0. The highest BCUT2D eigenvalue weighted by molar-refractivity contribution is 7.09.